The van der Waals surface area contributed by atoms with Gasteiger partial charge in [0.1, 0.15) is 5.75 Å². The fraction of sp³-hybridized carbons (Fsp3) is 0.333. The van der Waals surface area contributed by atoms with E-state index in [1.54, 1.807) is 7.11 Å². The summed E-state index contributed by atoms with van der Waals surface area (Å²) in [6.07, 6.45) is 1.63. The highest BCUT2D eigenvalue weighted by atomic mass is 16.5. The Morgan fingerprint density at radius 1 is 1.31 bits per heavy atom. The van der Waals surface area contributed by atoms with E-state index < -0.39 is 0 Å². The summed E-state index contributed by atoms with van der Waals surface area (Å²) in [6.45, 7) is 1.82. The molecule has 0 atom stereocenters. The lowest BCUT2D eigenvalue weighted by molar-refractivity contribution is 0.374. The molecule has 1 aromatic heterocycles. The first-order valence-electron chi connectivity index (χ1n) is 5.20. The van der Waals surface area contributed by atoms with Gasteiger partial charge >= 0.3 is 0 Å². The minimum atomic E-state index is 0.681. The third-order valence-corrected chi connectivity index (χ3v) is 2.33. The van der Waals surface area contributed by atoms with Crippen molar-refractivity contribution >= 4 is 0 Å². The van der Waals surface area contributed by atoms with Crippen LogP contribution >= 0.6 is 0 Å². The molecule has 0 saturated heterocycles. The van der Waals surface area contributed by atoms with E-state index >= 15 is 0 Å². The number of nitrogens with zero attached hydrogens (tertiary/aromatic N) is 2. The van der Waals surface area contributed by atoms with Gasteiger partial charge in [-0.05, 0) is 31.0 Å². The lowest BCUT2D eigenvalue weighted by Crippen LogP contribution is -1.92. The van der Waals surface area contributed by atoms with Gasteiger partial charge in [-0.2, -0.15) is 4.98 Å². The van der Waals surface area contributed by atoms with Gasteiger partial charge in [0.05, 0.1) is 7.11 Å². The molecule has 4 nitrogen and oxygen atoms in total. The second kappa shape index (κ2) is 4.79. The van der Waals surface area contributed by atoms with Crippen molar-refractivity contribution in [3.05, 3.63) is 41.5 Å². The average Bonchev–Trinajstić information content (AvgIpc) is 2.73. The molecule has 4 heteroatoms. The molecule has 84 valence electrons. The van der Waals surface area contributed by atoms with Crippen LogP contribution in [0, 0.1) is 6.92 Å². The van der Waals surface area contributed by atoms with Crippen LogP contribution in [0.15, 0.2) is 28.8 Å². The summed E-state index contributed by atoms with van der Waals surface area (Å²) in [4.78, 5) is 4.16. The van der Waals surface area contributed by atoms with Crippen molar-refractivity contribution < 1.29 is 9.26 Å². The zero-order valence-corrected chi connectivity index (χ0v) is 9.43. The van der Waals surface area contributed by atoms with Gasteiger partial charge in [0.25, 0.3) is 0 Å². The van der Waals surface area contributed by atoms with Crippen molar-refractivity contribution in [2.24, 2.45) is 0 Å². The van der Waals surface area contributed by atoms with Crippen molar-refractivity contribution in [2.45, 2.75) is 19.8 Å². The zero-order valence-electron chi connectivity index (χ0n) is 9.43. The fourth-order valence-corrected chi connectivity index (χ4v) is 1.52. The van der Waals surface area contributed by atoms with E-state index in [0.29, 0.717) is 11.7 Å². The Balaban J connectivity index is 1.99. The molecule has 1 aromatic carbocycles. The average molecular weight is 218 g/mol. The van der Waals surface area contributed by atoms with Crippen LogP contribution in [0.1, 0.15) is 17.3 Å². The second-order valence-corrected chi connectivity index (χ2v) is 3.59. The van der Waals surface area contributed by atoms with Crippen LogP contribution < -0.4 is 4.74 Å². The SMILES string of the molecule is COc1cccc(CCc2nc(C)no2)c1. The molecule has 0 unspecified atom stereocenters. The van der Waals surface area contributed by atoms with E-state index in [1.807, 2.05) is 25.1 Å². The van der Waals surface area contributed by atoms with E-state index in [1.165, 1.54) is 5.56 Å². The highest BCUT2D eigenvalue weighted by molar-refractivity contribution is 5.28. The van der Waals surface area contributed by atoms with Gasteiger partial charge in [-0.15, -0.1) is 0 Å². The molecule has 0 fully saturated rings. The molecule has 2 aromatic rings. The monoisotopic (exact) mass is 218 g/mol. The smallest absolute Gasteiger partial charge is 0.226 e. The number of hydrogen-bond donors (Lipinski definition) is 0. The van der Waals surface area contributed by atoms with Gasteiger partial charge in [0.2, 0.25) is 5.89 Å². The van der Waals surface area contributed by atoms with Gasteiger partial charge in [0.15, 0.2) is 5.82 Å². The molecule has 0 saturated carbocycles. The Hall–Kier alpha value is -1.84. The number of aromatic nitrogens is 2. The largest absolute Gasteiger partial charge is 0.497 e. The molecule has 16 heavy (non-hydrogen) atoms. The van der Waals surface area contributed by atoms with Crippen molar-refractivity contribution in [3.8, 4) is 5.75 Å². The first-order chi connectivity index (χ1) is 7.78. The summed E-state index contributed by atoms with van der Waals surface area (Å²) >= 11 is 0. The number of rotatable bonds is 4. The van der Waals surface area contributed by atoms with Crippen LogP contribution in [0.5, 0.6) is 5.75 Å². The quantitative estimate of drug-likeness (QED) is 0.789. The van der Waals surface area contributed by atoms with Gasteiger partial charge in [-0.25, -0.2) is 0 Å². The van der Waals surface area contributed by atoms with Crippen LogP contribution in [-0.4, -0.2) is 17.3 Å². The Morgan fingerprint density at radius 3 is 2.88 bits per heavy atom. The summed E-state index contributed by atoms with van der Waals surface area (Å²) < 4.78 is 10.2. The van der Waals surface area contributed by atoms with Crippen LogP contribution in [-0.2, 0) is 12.8 Å². The standard InChI is InChI=1S/C12H14N2O2/c1-9-13-12(16-14-9)7-6-10-4-3-5-11(8-10)15-2/h3-5,8H,6-7H2,1-2H3. The summed E-state index contributed by atoms with van der Waals surface area (Å²) in [7, 11) is 1.67. The molecule has 0 bridgehead atoms. The Labute approximate surface area is 94.2 Å². The molecule has 0 aliphatic carbocycles. The van der Waals surface area contributed by atoms with Crippen molar-refractivity contribution in [1.29, 1.82) is 0 Å². The third kappa shape index (κ3) is 2.59. The van der Waals surface area contributed by atoms with Gasteiger partial charge in [-0.1, -0.05) is 17.3 Å². The third-order valence-electron chi connectivity index (χ3n) is 2.33. The predicted octanol–water partition coefficient (Wildman–Crippen LogP) is 2.17. The Kier molecular flexibility index (Phi) is 3.19. The molecule has 2 rings (SSSR count). The molecule has 0 N–H and O–H groups in total. The zero-order chi connectivity index (χ0) is 11.4. The molecule has 0 aliphatic heterocycles. The van der Waals surface area contributed by atoms with Crippen LogP contribution in [0.4, 0.5) is 0 Å². The van der Waals surface area contributed by atoms with Crippen molar-refractivity contribution in [1.82, 2.24) is 10.1 Å². The van der Waals surface area contributed by atoms with E-state index in [2.05, 4.69) is 16.2 Å². The van der Waals surface area contributed by atoms with Gasteiger partial charge in [0, 0.05) is 6.42 Å². The topological polar surface area (TPSA) is 48.2 Å². The van der Waals surface area contributed by atoms with Gasteiger partial charge < -0.3 is 9.26 Å². The number of benzene rings is 1. The molecule has 0 spiro atoms. The second-order valence-electron chi connectivity index (χ2n) is 3.59. The maximum atomic E-state index is 5.16. The predicted molar refractivity (Wildman–Crippen MR) is 59.4 cm³/mol. The summed E-state index contributed by atoms with van der Waals surface area (Å²) in [5.74, 6) is 2.24. The first kappa shape index (κ1) is 10.7. The number of hydrogen-bond acceptors (Lipinski definition) is 4. The van der Waals surface area contributed by atoms with Crippen LogP contribution in [0.3, 0.4) is 0 Å². The molecular formula is C12H14N2O2. The minimum absolute atomic E-state index is 0.681. The fourth-order valence-electron chi connectivity index (χ4n) is 1.52. The van der Waals surface area contributed by atoms with Crippen molar-refractivity contribution in [3.63, 3.8) is 0 Å². The minimum Gasteiger partial charge on any atom is -0.497 e. The number of aryl methyl sites for hydroxylation is 3. The molecule has 0 radical (unpaired) electrons. The van der Waals surface area contributed by atoms with Crippen molar-refractivity contribution in [2.75, 3.05) is 7.11 Å². The Bertz CT molecular complexity index is 466. The summed E-state index contributed by atoms with van der Waals surface area (Å²) in [5.41, 5.74) is 1.20. The molecular weight excluding hydrogens is 204 g/mol. The van der Waals surface area contributed by atoms with E-state index in [4.69, 9.17) is 9.26 Å². The lowest BCUT2D eigenvalue weighted by Gasteiger charge is -2.02. The van der Waals surface area contributed by atoms with Crippen LogP contribution in [0.2, 0.25) is 0 Å². The highest BCUT2D eigenvalue weighted by Gasteiger charge is 2.03. The molecule has 0 amide bonds. The van der Waals surface area contributed by atoms with Gasteiger partial charge in [-0.3, -0.25) is 0 Å². The summed E-state index contributed by atoms with van der Waals surface area (Å²) in [6, 6.07) is 7.99. The Morgan fingerprint density at radius 2 is 2.19 bits per heavy atom. The van der Waals surface area contributed by atoms with Crippen LogP contribution in [0.25, 0.3) is 0 Å². The lowest BCUT2D eigenvalue weighted by atomic mass is 10.1. The normalized spacial score (nSPS) is 10.4. The summed E-state index contributed by atoms with van der Waals surface area (Å²) in [5, 5.41) is 3.75. The first-order valence-corrected chi connectivity index (χ1v) is 5.20. The number of methoxy groups -OCH3 is 1. The maximum Gasteiger partial charge on any atom is 0.226 e. The van der Waals surface area contributed by atoms with E-state index in [9.17, 15) is 0 Å². The highest BCUT2D eigenvalue weighted by Crippen LogP contribution is 2.14. The molecule has 0 aliphatic rings. The molecule has 1 heterocycles. The maximum absolute atomic E-state index is 5.16. The van der Waals surface area contributed by atoms with E-state index in [0.717, 1.165) is 18.6 Å². The van der Waals surface area contributed by atoms with E-state index in [-0.39, 0.29) is 0 Å². The number of ether oxygens (including phenoxy) is 1.